The zero-order valence-corrected chi connectivity index (χ0v) is 28.1. The van der Waals surface area contributed by atoms with E-state index in [0.29, 0.717) is 12.8 Å². The molecule has 0 saturated carbocycles. The third-order valence-corrected chi connectivity index (χ3v) is 7.12. The van der Waals surface area contributed by atoms with Crippen molar-refractivity contribution in [3.63, 3.8) is 0 Å². The van der Waals surface area contributed by atoms with Gasteiger partial charge < -0.3 is 58.5 Å². The average Bonchev–Trinajstić information content (AvgIpc) is 3.00. The Balaban J connectivity index is 6.20. The summed E-state index contributed by atoms with van der Waals surface area (Å²) in [7, 11) is 0. The van der Waals surface area contributed by atoms with E-state index in [0.717, 1.165) is 0 Å². The molecule has 0 bridgehead atoms. The fourth-order valence-electron chi connectivity index (χ4n) is 4.10. The van der Waals surface area contributed by atoms with Crippen molar-refractivity contribution in [1.82, 2.24) is 26.6 Å². The second-order valence-electron chi connectivity index (χ2n) is 11.4. The van der Waals surface area contributed by atoms with E-state index in [9.17, 15) is 68.4 Å². The van der Waals surface area contributed by atoms with Gasteiger partial charge in [0.1, 0.15) is 24.2 Å². The van der Waals surface area contributed by atoms with Crippen molar-refractivity contribution in [3.8, 4) is 0 Å². The number of ketones is 1. The Labute approximate surface area is 290 Å². The molecule has 5 amide bonds. The Morgan fingerprint density at radius 3 is 1.10 bits per heavy atom. The van der Waals surface area contributed by atoms with Gasteiger partial charge in [-0.3, -0.25) is 47.9 Å². The maximum Gasteiger partial charge on any atom is 0.305 e. The summed E-state index contributed by atoms with van der Waals surface area (Å²) < 4.78 is 0. The molecule has 13 N–H and O–H groups in total. The molecule has 0 aliphatic carbocycles. The fraction of sp³-hybridized carbons (Fsp3) is 0.643. The highest BCUT2D eigenvalue weighted by molar-refractivity contribution is 6.28. The molecule has 0 aromatic carbocycles. The average molecular weight is 738 g/mol. The standard InChI is InChI=1S/C28H44ClN7O14/c1-12(2)23(31)28(50)36-17(10-22(44)45)27(49)35-16(9-21(42)43)26(48)34-15(8-20(40)41)25(47)33-14(7-19(38)39)24(46)32-13(18(37)11-29)5-3-4-6-30/h12-17,23H,3-11,30-31H2,1-2H3,(H,32,46)(H,33,47)(H,34,48)(H,35,49)(H,36,50)(H,38,39)(H,40,41)(H,42,43)(H,44,45). The number of halogens is 1. The molecule has 0 heterocycles. The van der Waals surface area contributed by atoms with Crippen molar-refractivity contribution in [3.05, 3.63) is 0 Å². The zero-order chi connectivity index (χ0) is 38.7. The summed E-state index contributed by atoms with van der Waals surface area (Å²) >= 11 is 5.61. The van der Waals surface area contributed by atoms with Crippen LogP contribution in [0.25, 0.3) is 0 Å². The first-order valence-corrected chi connectivity index (χ1v) is 15.7. The number of alkyl halides is 1. The number of unbranched alkanes of at least 4 members (excludes halogenated alkanes) is 1. The molecule has 0 aliphatic rings. The SMILES string of the molecule is CC(C)C(N)C(=O)NC(CC(=O)O)C(=O)NC(CC(=O)O)C(=O)NC(CC(=O)O)C(=O)NC(CC(=O)O)C(=O)NC(CCCCN)C(=O)CCl. The maximum atomic E-state index is 13.1. The van der Waals surface area contributed by atoms with Gasteiger partial charge in [0.2, 0.25) is 29.5 Å². The van der Waals surface area contributed by atoms with E-state index in [1.54, 1.807) is 13.8 Å². The Morgan fingerprint density at radius 1 is 0.540 bits per heavy atom. The molecule has 22 heteroatoms. The summed E-state index contributed by atoms with van der Waals surface area (Å²) in [6.07, 6.45) is -3.55. The van der Waals surface area contributed by atoms with Crippen molar-refractivity contribution in [2.75, 3.05) is 12.4 Å². The number of aliphatic carboxylic acids is 4. The van der Waals surface area contributed by atoms with Crippen LogP contribution in [0.1, 0.15) is 58.8 Å². The van der Waals surface area contributed by atoms with E-state index < -0.39 is 133 Å². The minimum atomic E-state index is -2.10. The molecular weight excluding hydrogens is 694 g/mol. The van der Waals surface area contributed by atoms with Gasteiger partial charge in [-0.1, -0.05) is 13.8 Å². The van der Waals surface area contributed by atoms with Crippen molar-refractivity contribution in [2.24, 2.45) is 17.4 Å². The molecule has 0 fully saturated rings. The van der Waals surface area contributed by atoms with Crippen LogP contribution in [0.5, 0.6) is 0 Å². The van der Waals surface area contributed by atoms with Crippen molar-refractivity contribution < 1.29 is 68.4 Å². The molecule has 0 aromatic rings. The van der Waals surface area contributed by atoms with Crippen LogP contribution < -0.4 is 38.1 Å². The molecule has 0 rings (SSSR count). The van der Waals surface area contributed by atoms with Crippen LogP contribution in [0.2, 0.25) is 0 Å². The Bertz CT molecular complexity index is 1280. The van der Waals surface area contributed by atoms with Gasteiger partial charge in [0.15, 0.2) is 5.78 Å². The van der Waals surface area contributed by atoms with E-state index in [1.807, 2.05) is 16.0 Å². The second-order valence-corrected chi connectivity index (χ2v) is 11.6. The molecule has 282 valence electrons. The van der Waals surface area contributed by atoms with Crippen LogP contribution in [0.15, 0.2) is 0 Å². The van der Waals surface area contributed by atoms with Crippen molar-refractivity contribution in [2.45, 2.75) is 95.0 Å². The summed E-state index contributed by atoms with van der Waals surface area (Å²) in [5.41, 5.74) is 11.2. The van der Waals surface area contributed by atoms with Gasteiger partial charge in [-0.25, -0.2) is 0 Å². The lowest BCUT2D eigenvalue weighted by Gasteiger charge is -2.26. The first-order valence-electron chi connectivity index (χ1n) is 15.2. The van der Waals surface area contributed by atoms with Crippen LogP contribution >= 0.6 is 11.6 Å². The van der Waals surface area contributed by atoms with Gasteiger partial charge in [0.25, 0.3) is 0 Å². The summed E-state index contributed by atoms with van der Waals surface area (Å²) in [4.78, 5) is 123. The van der Waals surface area contributed by atoms with Crippen molar-refractivity contribution in [1.29, 1.82) is 0 Å². The molecule has 0 spiro atoms. The van der Waals surface area contributed by atoms with Gasteiger partial charge in [0, 0.05) is 0 Å². The third-order valence-electron chi connectivity index (χ3n) is 6.85. The second kappa shape index (κ2) is 22.7. The lowest BCUT2D eigenvalue weighted by molar-refractivity contribution is -0.145. The Kier molecular flexibility index (Phi) is 20.5. The molecule has 50 heavy (non-hydrogen) atoms. The summed E-state index contributed by atoms with van der Waals surface area (Å²) in [6, 6.07) is -10.3. The molecule has 21 nitrogen and oxygen atoms in total. The number of amides is 5. The predicted octanol–water partition coefficient (Wildman–Crippen LogP) is -3.77. The number of hydrogen-bond donors (Lipinski definition) is 11. The molecular formula is C28H44ClN7O14. The number of carbonyl (C=O) groups is 10. The van der Waals surface area contributed by atoms with E-state index in [1.165, 1.54) is 0 Å². The van der Waals surface area contributed by atoms with E-state index in [4.69, 9.17) is 23.1 Å². The van der Waals surface area contributed by atoms with Crippen LogP contribution in [-0.4, -0.2) is 128 Å². The van der Waals surface area contributed by atoms with Gasteiger partial charge in [-0.15, -0.1) is 11.6 Å². The summed E-state index contributed by atoms with van der Waals surface area (Å²) in [5.74, 6) is -14.5. The number of carboxylic acid groups (broad SMARTS) is 4. The number of nitrogens with one attached hydrogen (secondary N) is 5. The van der Waals surface area contributed by atoms with Crippen LogP contribution in [-0.2, 0) is 47.9 Å². The minimum absolute atomic E-state index is 0.0676. The molecule has 0 radical (unpaired) electrons. The lowest BCUT2D eigenvalue weighted by Crippen LogP contribution is -2.60. The first kappa shape index (κ1) is 45.1. The topological polar surface area (TPSA) is 364 Å². The first-order chi connectivity index (χ1) is 23.2. The van der Waals surface area contributed by atoms with Crippen molar-refractivity contribution >= 4 is 70.8 Å². The van der Waals surface area contributed by atoms with E-state index >= 15 is 0 Å². The van der Waals surface area contributed by atoms with Gasteiger partial charge >= 0.3 is 23.9 Å². The summed E-state index contributed by atoms with van der Waals surface area (Å²) in [6.45, 7) is 3.40. The van der Waals surface area contributed by atoms with Crippen LogP contribution in [0.4, 0.5) is 0 Å². The molecule has 0 aliphatic heterocycles. The molecule has 6 atom stereocenters. The zero-order valence-electron chi connectivity index (χ0n) is 27.3. The largest absolute Gasteiger partial charge is 0.481 e. The quantitative estimate of drug-likeness (QED) is 0.0316. The number of carboxylic acids is 4. The number of hydrogen-bond acceptors (Lipinski definition) is 12. The number of rotatable bonds is 25. The number of carbonyl (C=O) groups excluding carboxylic acids is 6. The highest BCUT2D eigenvalue weighted by atomic mass is 35.5. The molecule has 0 saturated heterocycles. The van der Waals surface area contributed by atoms with Gasteiger partial charge in [-0.2, -0.15) is 0 Å². The van der Waals surface area contributed by atoms with E-state index in [2.05, 4.69) is 10.6 Å². The molecule has 6 unspecified atom stereocenters. The number of nitrogens with two attached hydrogens (primary N) is 2. The van der Waals surface area contributed by atoms with Gasteiger partial charge in [-0.05, 0) is 31.7 Å². The van der Waals surface area contributed by atoms with Crippen LogP contribution in [0, 0.1) is 5.92 Å². The third kappa shape index (κ3) is 17.5. The summed E-state index contributed by atoms with van der Waals surface area (Å²) in [5, 5.41) is 47.5. The highest BCUT2D eigenvalue weighted by Gasteiger charge is 2.35. The Hall–Kier alpha value is -4.89. The highest BCUT2D eigenvalue weighted by Crippen LogP contribution is 2.07. The molecule has 0 aromatic heterocycles. The Morgan fingerprint density at radius 2 is 0.840 bits per heavy atom. The maximum absolute atomic E-state index is 13.1. The number of Topliss-reactive ketones (excluding diaryl/α,β-unsaturated/α-hetero) is 1. The lowest BCUT2D eigenvalue weighted by atomic mass is 10.0. The predicted molar refractivity (Wildman–Crippen MR) is 170 cm³/mol. The monoisotopic (exact) mass is 737 g/mol. The minimum Gasteiger partial charge on any atom is -0.481 e. The fourth-order valence-corrected chi connectivity index (χ4v) is 4.28. The normalized spacial score (nSPS) is 14.4. The smallest absolute Gasteiger partial charge is 0.305 e. The van der Waals surface area contributed by atoms with Gasteiger partial charge in [0.05, 0.1) is 43.6 Å². The van der Waals surface area contributed by atoms with Crippen LogP contribution in [0.3, 0.4) is 0 Å². The van der Waals surface area contributed by atoms with E-state index in [-0.39, 0.29) is 13.0 Å².